The molecule has 0 N–H and O–H groups in total. The van der Waals surface area contributed by atoms with Gasteiger partial charge in [-0.25, -0.2) is 4.79 Å². The number of carbonyl (C=O) groups is 2. The monoisotopic (exact) mass is 239 g/mol. The highest BCUT2D eigenvalue weighted by atomic mass is 16.6. The average molecular weight is 239 g/mol. The third kappa shape index (κ3) is 4.21. The number of allylic oxidation sites excluding steroid dienone is 1. The second kappa shape index (κ2) is 4.90. The number of ketones is 1. The summed E-state index contributed by atoms with van der Waals surface area (Å²) < 4.78 is 5.23. The summed E-state index contributed by atoms with van der Waals surface area (Å²) in [6.07, 6.45) is 0.186. The molecule has 0 aromatic carbocycles. The molecule has 1 amide bonds. The molecule has 0 aromatic heterocycles. The zero-order valence-corrected chi connectivity index (χ0v) is 11.1. The molecule has 4 nitrogen and oxygen atoms in total. The zero-order chi connectivity index (χ0) is 13.2. The summed E-state index contributed by atoms with van der Waals surface area (Å²) in [7, 11) is 0. The summed E-state index contributed by atoms with van der Waals surface area (Å²) in [6.45, 7) is 12.1. The largest absolute Gasteiger partial charge is 0.444 e. The molecule has 1 heterocycles. The van der Waals surface area contributed by atoms with Crippen LogP contribution in [0.25, 0.3) is 0 Å². The SMILES string of the molecule is C=C(C)C(=O)CC1CN(C(=O)OC(C)(C)C)C1. The van der Waals surface area contributed by atoms with E-state index in [0.29, 0.717) is 25.1 Å². The van der Waals surface area contributed by atoms with Crippen molar-refractivity contribution in [3.8, 4) is 0 Å². The fraction of sp³-hybridized carbons (Fsp3) is 0.692. The first-order chi connectivity index (χ1) is 7.69. The van der Waals surface area contributed by atoms with E-state index in [-0.39, 0.29) is 17.8 Å². The van der Waals surface area contributed by atoms with E-state index in [1.165, 1.54) is 0 Å². The maximum atomic E-state index is 11.6. The van der Waals surface area contributed by atoms with Gasteiger partial charge in [-0.3, -0.25) is 4.79 Å². The number of Topliss-reactive ketones (excluding diaryl/α,β-unsaturated/α-hetero) is 1. The summed E-state index contributed by atoms with van der Waals surface area (Å²) in [4.78, 5) is 24.7. The van der Waals surface area contributed by atoms with Gasteiger partial charge in [0.1, 0.15) is 5.60 Å². The maximum absolute atomic E-state index is 11.6. The highest BCUT2D eigenvalue weighted by Gasteiger charge is 2.34. The lowest BCUT2D eigenvalue weighted by atomic mass is 9.93. The molecule has 0 aliphatic carbocycles. The Labute approximate surface area is 103 Å². The van der Waals surface area contributed by atoms with Crippen LogP contribution in [0.15, 0.2) is 12.2 Å². The van der Waals surface area contributed by atoms with Crippen LogP contribution in [0.2, 0.25) is 0 Å². The fourth-order valence-electron chi connectivity index (χ4n) is 1.61. The number of nitrogens with zero attached hydrogens (tertiary/aromatic N) is 1. The minimum absolute atomic E-state index is 0.0823. The second-order valence-electron chi connectivity index (χ2n) is 5.66. The molecule has 0 saturated carbocycles. The van der Waals surface area contributed by atoms with Crippen molar-refractivity contribution in [2.24, 2.45) is 5.92 Å². The molecule has 4 heteroatoms. The minimum Gasteiger partial charge on any atom is -0.444 e. The van der Waals surface area contributed by atoms with Crippen LogP contribution in [0.5, 0.6) is 0 Å². The van der Waals surface area contributed by atoms with E-state index in [4.69, 9.17) is 4.74 Å². The van der Waals surface area contributed by atoms with Gasteiger partial charge in [0.2, 0.25) is 0 Å². The topological polar surface area (TPSA) is 46.6 Å². The van der Waals surface area contributed by atoms with Crippen LogP contribution in [0.3, 0.4) is 0 Å². The van der Waals surface area contributed by atoms with Crippen LogP contribution in [0, 0.1) is 5.92 Å². The Morgan fingerprint density at radius 3 is 2.29 bits per heavy atom. The number of likely N-dealkylation sites (tertiary alicyclic amines) is 1. The van der Waals surface area contributed by atoms with Crippen molar-refractivity contribution in [1.82, 2.24) is 4.90 Å². The molecule has 17 heavy (non-hydrogen) atoms. The fourth-order valence-corrected chi connectivity index (χ4v) is 1.61. The molecule has 1 rings (SSSR count). The number of hydrogen-bond donors (Lipinski definition) is 0. The molecule has 1 aliphatic rings. The first kappa shape index (κ1) is 13.7. The molecular weight excluding hydrogens is 218 g/mol. The van der Waals surface area contributed by atoms with Crippen LogP contribution in [0.1, 0.15) is 34.1 Å². The van der Waals surface area contributed by atoms with Crippen LogP contribution in [-0.2, 0) is 9.53 Å². The van der Waals surface area contributed by atoms with Gasteiger partial charge in [-0.2, -0.15) is 0 Å². The predicted molar refractivity (Wildman–Crippen MR) is 65.7 cm³/mol. The normalized spacial score (nSPS) is 16.4. The van der Waals surface area contributed by atoms with Gasteiger partial charge in [0.15, 0.2) is 5.78 Å². The minimum atomic E-state index is -0.463. The maximum Gasteiger partial charge on any atom is 0.410 e. The van der Waals surface area contributed by atoms with E-state index in [9.17, 15) is 9.59 Å². The van der Waals surface area contributed by atoms with E-state index in [1.54, 1.807) is 11.8 Å². The van der Waals surface area contributed by atoms with Crippen molar-refractivity contribution in [1.29, 1.82) is 0 Å². The molecule has 1 aliphatic heterocycles. The Morgan fingerprint density at radius 2 is 1.88 bits per heavy atom. The molecule has 1 saturated heterocycles. The molecule has 1 fully saturated rings. The molecule has 96 valence electrons. The zero-order valence-electron chi connectivity index (χ0n) is 11.1. The summed E-state index contributed by atoms with van der Waals surface area (Å²) >= 11 is 0. The van der Waals surface area contributed by atoms with Gasteiger partial charge in [0.05, 0.1) is 0 Å². The van der Waals surface area contributed by atoms with Gasteiger partial charge >= 0.3 is 6.09 Å². The molecule has 0 radical (unpaired) electrons. The average Bonchev–Trinajstić information content (AvgIpc) is 2.06. The highest BCUT2D eigenvalue weighted by Crippen LogP contribution is 2.23. The van der Waals surface area contributed by atoms with Crippen molar-refractivity contribution < 1.29 is 14.3 Å². The summed E-state index contributed by atoms with van der Waals surface area (Å²) in [5.41, 5.74) is 0.121. The van der Waals surface area contributed by atoms with Gasteiger partial charge in [-0.05, 0) is 33.3 Å². The quantitative estimate of drug-likeness (QED) is 0.710. The van der Waals surface area contributed by atoms with E-state index in [0.717, 1.165) is 0 Å². The smallest absolute Gasteiger partial charge is 0.410 e. The van der Waals surface area contributed by atoms with Crippen molar-refractivity contribution in [2.45, 2.75) is 39.7 Å². The van der Waals surface area contributed by atoms with Crippen LogP contribution < -0.4 is 0 Å². The molecule has 0 atom stereocenters. The van der Waals surface area contributed by atoms with Gasteiger partial charge in [-0.15, -0.1) is 0 Å². The Balaban J connectivity index is 2.30. The molecule has 0 spiro atoms. The number of ether oxygens (including phenoxy) is 1. The van der Waals surface area contributed by atoms with Crippen LogP contribution in [-0.4, -0.2) is 35.5 Å². The van der Waals surface area contributed by atoms with Gasteiger partial charge < -0.3 is 9.64 Å². The molecule has 0 unspecified atom stereocenters. The number of hydrogen-bond acceptors (Lipinski definition) is 3. The third-order valence-corrected chi connectivity index (χ3v) is 2.56. The number of carbonyl (C=O) groups excluding carboxylic acids is 2. The van der Waals surface area contributed by atoms with Crippen LogP contribution in [0.4, 0.5) is 4.79 Å². The lowest BCUT2D eigenvalue weighted by molar-refractivity contribution is -0.117. The Hall–Kier alpha value is -1.32. The lowest BCUT2D eigenvalue weighted by Crippen LogP contribution is -2.52. The second-order valence-corrected chi connectivity index (χ2v) is 5.66. The lowest BCUT2D eigenvalue weighted by Gasteiger charge is -2.39. The molecule has 0 bridgehead atoms. The summed E-state index contributed by atoms with van der Waals surface area (Å²) in [5.74, 6) is 0.338. The Morgan fingerprint density at radius 1 is 1.35 bits per heavy atom. The molecular formula is C13H21NO3. The predicted octanol–water partition coefficient (Wildman–Crippen LogP) is 2.39. The van der Waals surface area contributed by atoms with Gasteiger partial charge in [0.25, 0.3) is 0 Å². The number of amides is 1. The van der Waals surface area contributed by atoms with Crippen molar-refractivity contribution >= 4 is 11.9 Å². The van der Waals surface area contributed by atoms with Gasteiger partial charge in [0, 0.05) is 25.4 Å². The van der Waals surface area contributed by atoms with Crippen molar-refractivity contribution in [3.05, 3.63) is 12.2 Å². The highest BCUT2D eigenvalue weighted by molar-refractivity contribution is 5.94. The van der Waals surface area contributed by atoms with E-state index >= 15 is 0 Å². The van der Waals surface area contributed by atoms with Crippen LogP contribution >= 0.6 is 0 Å². The Bertz CT molecular complexity index is 335. The van der Waals surface area contributed by atoms with E-state index < -0.39 is 5.60 Å². The molecule has 0 aromatic rings. The van der Waals surface area contributed by atoms with Crippen molar-refractivity contribution in [3.63, 3.8) is 0 Å². The first-order valence-corrected chi connectivity index (χ1v) is 5.85. The summed E-state index contributed by atoms with van der Waals surface area (Å²) in [5, 5.41) is 0. The third-order valence-electron chi connectivity index (χ3n) is 2.56. The number of rotatable bonds is 3. The van der Waals surface area contributed by atoms with Crippen molar-refractivity contribution in [2.75, 3.05) is 13.1 Å². The van der Waals surface area contributed by atoms with Gasteiger partial charge in [-0.1, -0.05) is 6.58 Å². The van der Waals surface area contributed by atoms with E-state index in [1.807, 2.05) is 20.8 Å². The Kier molecular flexibility index (Phi) is 3.96. The summed E-state index contributed by atoms with van der Waals surface area (Å²) in [6, 6.07) is 0. The van der Waals surface area contributed by atoms with E-state index in [2.05, 4.69) is 6.58 Å². The first-order valence-electron chi connectivity index (χ1n) is 5.85. The standard InChI is InChI=1S/C13H21NO3/c1-9(2)11(15)6-10-7-14(8-10)12(16)17-13(3,4)5/h10H,1,6-8H2,2-5H3.